The monoisotopic (exact) mass is 408 g/mol. The van der Waals surface area contributed by atoms with E-state index >= 15 is 0 Å². The fourth-order valence-electron chi connectivity index (χ4n) is 6.55. The molecule has 0 aromatic rings. The predicted octanol–water partition coefficient (Wildman–Crippen LogP) is 4.39. The minimum atomic E-state index is -0.323. The van der Waals surface area contributed by atoms with Crippen LogP contribution in [-0.2, 0) is 9.53 Å². The maximum Gasteiger partial charge on any atom is 0.302 e. The van der Waals surface area contributed by atoms with Crippen LogP contribution in [0, 0.1) is 28.6 Å². The zero-order valence-corrected chi connectivity index (χ0v) is 17.0. The second-order valence-corrected chi connectivity index (χ2v) is 10.3. The van der Waals surface area contributed by atoms with E-state index in [4.69, 9.17) is 4.74 Å². The molecule has 4 heteroatoms. The summed E-state index contributed by atoms with van der Waals surface area (Å²) in [7, 11) is 0. The van der Waals surface area contributed by atoms with Gasteiger partial charge in [-0.05, 0) is 49.9 Å². The van der Waals surface area contributed by atoms with Crippen molar-refractivity contribution in [3.8, 4) is 0 Å². The van der Waals surface area contributed by atoms with E-state index in [0.717, 1.165) is 25.7 Å². The largest absolute Gasteiger partial charge is 0.461 e. The standard InChI is InChI=1S/C21H29BrO3/c1-12(23)25-19-18(22)11-17-15-5-4-13-10-14(24)6-8-20(13,2)16(15)7-9-21(17,19)3/h4,6,8,14-19,24H,5,7,9-11H2,1-3H3/t14-,15+,16-,17-,18+,19-,20-,21-/m0/s1. The Labute approximate surface area is 159 Å². The molecule has 0 radical (unpaired) electrons. The van der Waals surface area contributed by atoms with Crippen molar-refractivity contribution in [2.75, 3.05) is 0 Å². The van der Waals surface area contributed by atoms with Crippen molar-refractivity contribution in [3.05, 3.63) is 23.8 Å². The van der Waals surface area contributed by atoms with E-state index in [0.29, 0.717) is 17.8 Å². The Hall–Kier alpha value is -0.610. The van der Waals surface area contributed by atoms with Gasteiger partial charge in [-0.2, -0.15) is 0 Å². The van der Waals surface area contributed by atoms with Crippen molar-refractivity contribution in [1.29, 1.82) is 0 Å². The molecular weight excluding hydrogens is 380 g/mol. The minimum absolute atomic E-state index is 0.0159. The number of halogens is 1. The first-order valence-electron chi connectivity index (χ1n) is 9.64. The lowest BCUT2D eigenvalue weighted by Gasteiger charge is -2.56. The molecule has 4 rings (SSSR count). The number of allylic oxidation sites excluding steroid dienone is 2. The molecule has 25 heavy (non-hydrogen) atoms. The molecule has 4 aliphatic carbocycles. The molecule has 0 amide bonds. The molecule has 0 heterocycles. The second-order valence-electron chi connectivity index (χ2n) is 9.08. The molecule has 2 saturated carbocycles. The summed E-state index contributed by atoms with van der Waals surface area (Å²) in [6, 6.07) is 0. The van der Waals surface area contributed by atoms with Gasteiger partial charge in [-0.3, -0.25) is 4.79 Å². The van der Waals surface area contributed by atoms with E-state index in [1.54, 1.807) is 0 Å². The number of fused-ring (bicyclic) bond motifs is 5. The van der Waals surface area contributed by atoms with Crippen LogP contribution >= 0.6 is 15.9 Å². The lowest BCUT2D eigenvalue weighted by atomic mass is 9.49. The lowest BCUT2D eigenvalue weighted by molar-refractivity contribution is -0.155. The number of hydrogen-bond acceptors (Lipinski definition) is 3. The van der Waals surface area contributed by atoms with Gasteiger partial charge in [-0.1, -0.05) is 53.6 Å². The van der Waals surface area contributed by atoms with Crippen molar-refractivity contribution in [2.45, 2.75) is 69.9 Å². The summed E-state index contributed by atoms with van der Waals surface area (Å²) >= 11 is 3.83. The Kier molecular flexibility index (Phi) is 4.23. The van der Waals surface area contributed by atoms with Crippen molar-refractivity contribution in [3.63, 3.8) is 0 Å². The number of esters is 1. The maximum atomic E-state index is 11.6. The van der Waals surface area contributed by atoms with Gasteiger partial charge in [0.25, 0.3) is 0 Å². The average molecular weight is 409 g/mol. The third kappa shape index (κ3) is 2.58. The van der Waals surface area contributed by atoms with Crippen LogP contribution in [0.1, 0.15) is 52.9 Å². The van der Waals surface area contributed by atoms with Crippen LogP contribution in [-0.4, -0.2) is 28.1 Å². The summed E-state index contributed by atoms with van der Waals surface area (Å²) < 4.78 is 5.77. The summed E-state index contributed by atoms with van der Waals surface area (Å²) in [5, 5.41) is 10.0. The van der Waals surface area contributed by atoms with E-state index in [1.807, 2.05) is 6.08 Å². The molecule has 4 aliphatic rings. The van der Waals surface area contributed by atoms with E-state index in [9.17, 15) is 9.90 Å². The summed E-state index contributed by atoms with van der Waals surface area (Å²) in [6.45, 7) is 6.23. The van der Waals surface area contributed by atoms with Gasteiger partial charge in [0.1, 0.15) is 6.10 Å². The SMILES string of the molecule is CC(=O)O[C@H]1[C@H](Br)C[C@H]2[C@@H]3CC=C4C[C@@H](O)C=C[C@]4(C)[C@H]3CC[C@@]21C. The highest BCUT2D eigenvalue weighted by atomic mass is 79.9. The van der Waals surface area contributed by atoms with Crippen LogP contribution in [0.3, 0.4) is 0 Å². The van der Waals surface area contributed by atoms with E-state index in [-0.39, 0.29) is 33.8 Å². The first-order valence-corrected chi connectivity index (χ1v) is 10.6. The number of hydrogen-bond donors (Lipinski definition) is 1. The van der Waals surface area contributed by atoms with Gasteiger partial charge < -0.3 is 9.84 Å². The third-order valence-electron chi connectivity index (χ3n) is 7.82. The van der Waals surface area contributed by atoms with E-state index in [2.05, 4.69) is 41.9 Å². The molecule has 8 atom stereocenters. The molecule has 0 spiro atoms. The summed E-state index contributed by atoms with van der Waals surface area (Å²) in [5.74, 6) is 1.67. The molecule has 0 aromatic carbocycles. The molecule has 0 unspecified atom stereocenters. The van der Waals surface area contributed by atoms with Crippen molar-refractivity contribution in [1.82, 2.24) is 0 Å². The van der Waals surface area contributed by atoms with Gasteiger partial charge in [0.15, 0.2) is 0 Å². The van der Waals surface area contributed by atoms with Gasteiger partial charge in [0, 0.05) is 17.8 Å². The zero-order valence-electron chi connectivity index (χ0n) is 15.4. The molecule has 0 aliphatic heterocycles. The highest BCUT2D eigenvalue weighted by Crippen LogP contribution is 2.65. The number of carbonyl (C=O) groups excluding carboxylic acids is 1. The number of aliphatic hydroxyl groups excluding tert-OH is 1. The van der Waals surface area contributed by atoms with Gasteiger partial charge in [0.2, 0.25) is 0 Å². The molecule has 1 N–H and O–H groups in total. The fraction of sp³-hybridized carbons (Fsp3) is 0.762. The Morgan fingerprint density at radius 1 is 1.36 bits per heavy atom. The van der Waals surface area contributed by atoms with E-state index < -0.39 is 0 Å². The van der Waals surface area contributed by atoms with Crippen molar-refractivity contribution in [2.24, 2.45) is 28.6 Å². The number of rotatable bonds is 1. The highest BCUT2D eigenvalue weighted by Gasteiger charge is 2.61. The summed E-state index contributed by atoms with van der Waals surface area (Å²) in [6.07, 6.45) is 11.6. The van der Waals surface area contributed by atoms with Crippen LogP contribution < -0.4 is 0 Å². The number of carbonyl (C=O) groups is 1. The Balaban J connectivity index is 1.66. The Bertz CT molecular complexity index is 641. The summed E-state index contributed by atoms with van der Waals surface area (Å²) in [4.78, 5) is 11.9. The molecular formula is C21H29BrO3. The smallest absolute Gasteiger partial charge is 0.302 e. The maximum absolute atomic E-state index is 11.6. The van der Waals surface area contributed by atoms with E-state index in [1.165, 1.54) is 18.9 Å². The minimum Gasteiger partial charge on any atom is -0.461 e. The first kappa shape index (κ1) is 17.8. The third-order valence-corrected chi connectivity index (χ3v) is 8.67. The normalized spacial score (nSPS) is 51.2. The van der Waals surface area contributed by atoms with Crippen LogP contribution in [0.2, 0.25) is 0 Å². The molecule has 0 bridgehead atoms. The Morgan fingerprint density at radius 2 is 2.12 bits per heavy atom. The second kappa shape index (κ2) is 5.95. The summed E-state index contributed by atoms with van der Waals surface area (Å²) in [5.41, 5.74) is 1.59. The Morgan fingerprint density at radius 3 is 2.84 bits per heavy atom. The average Bonchev–Trinajstić information content (AvgIpc) is 2.79. The van der Waals surface area contributed by atoms with Gasteiger partial charge >= 0.3 is 5.97 Å². The van der Waals surface area contributed by atoms with Crippen molar-refractivity contribution >= 4 is 21.9 Å². The quantitative estimate of drug-likeness (QED) is 0.397. The number of alkyl halides is 1. The van der Waals surface area contributed by atoms with Crippen LogP contribution in [0.15, 0.2) is 23.8 Å². The van der Waals surface area contributed by atoms with Gasteiger partial charge in [-0.25, -0.2) is 0 Å². The molecule has 0 aromatic heterocycles. The van der Waals surface area contributed by atoms with Crippen LogP contribution in [0.4, 0.5) is 0 Å². The molecule has 0 saturated heterocycles. The highest BCUT2D eigenvalue weighted by molar-refractivity contribution is 9.09. The van der Waals surface area contributed by atoms with Gasteiger partial charge in [-0.15, -0.1) is 0 Å². The van der Waals surface area contributed by atoms with Crippen LogP contribution in [0.5, 0.6) is 0 Å². The molecule has 3 nitrogen and oxygen atoms in total. The number of ether oxygens (including phenoxy) is 1. The fourth-order valence-corrected chi connectivity index (χ4v) is 7.66. The van der Waals surface area contributed by atoms with Gasteiger partial charge in [0.05, 0.1) is 10.9 Å². The topological polar surface area (TPSA) is 46.5 Å². The predicted molar refractivity (Wildman–Crippen MR) is 101 cm³/mol. The zero-order chi connectivity index (χ0) is 18.0. The molecule has 138 valence electrons. The van der Waals surface area contributed by atoms with Crippen LogP contribution in [0.25, 0.3) is 0 Å². The first-order chi connectivity index (χ1) is 11.8. The number of aliphatic hydroxyl groups is 1. The molecule has 2 fully saturated rings. The lowest BCUT2D eigenvalue weighted by Crippen LogP contribution is -2.50. The van der Waals surface area contributed by atoms with Crippen molar-refractivity contribution < 1.29 is 14.6 Å².